The Morgan fingerprint density at radius 3 is 2.68 bits per heavy atom. The zero-order valence-electron chi connectivity index (χ0n) is 15.6. The smallest absolute Gasteiger partial charge is 0.319 e. The van der Waals surface area contributed by atoms with Crippen LogP contribution in [0, 0.1) is 0 Å². The summed E-state index contributed by atoms with van der Waals surface area (Å²) < 4.78 is 1.75. The van der Waals surface area contributed by atoms with Crippen LogP contribution in [0.1, 0.15) is 22.8 Å². The average Bonchev–Trinajstić information content (AvgIpc) is 3.32. The number of aryl methyl sites for hydroxylation is 1. The van der Waals surface area contributed by atoms with E-state index in [4.69, 9.17) is 5.73 Å². The third kappa shape index (κ3) is 3.22. The maximum atomic E-state index is 13.0. The maximum Gasteiger partial charge on any atom is 0.319 e. The Kier molecular flexibility index (Phi) is 4.57. The number of nitrogens with zero attached hydrogens (tertiary/aromatic N) is 3. The Morgan fingerprint density at radius 1 is 1.18 bits per heavy atom. The first kappa shape index (κ1) is 17.8. The Labute approximate surface area is 162 Å². The second-order valence-corrected chi connectivity index (χ2v) is 6.65. The largest absolute Gasteiger partial charge is 0.351 e. The molecule has 1 aromatic heterocycles. The second-order valence-electron chi connectivity index (χ2n) is 6.65. The second kappa shape index (κ2) is 7.19. The Balaban J connectivity index is 1.61. The van der Waals surface area contributed by atoms with Crippen molar-refractivity contribution >= 4 is 23.3 Å². The highest BCUT2D eigenvalue weighted by atomic mass is 16.2. The molecule has 7 nitrogen and oxygen atoms in total. The van der Waals surface area contributed by atoms with E-state index < -0.39 is 6.03 Å². The number of rotatable bonds is 4. The van der Waals surface area contributed by atoms with Crippen LogP contribution in [-0.4, -0.2) is 28.3 Å². The molecule has 0 radical (unpaired) electrons. The van der Waals surface area contributed by atoms with E-state index in [-0.39, 0.29) is 5.91 Å². The first-order valence-corrected chi connectivity index (χ1v) is 9.21. The number of hydrogen-bond acceptors (Lipinski definition) is 3. The predicted octanol–water partition coefficient (Wildman–Crippen LogP) is 3.26. The molecular weight excluding hydrogens is 354 g/mol. The summed E-state index contributed by atoms with van der Waals surface area (Å²) in [6.45, 7) is 3.22. The summed E-state index contributed by atoms with van der Waals surface area (Å²) in [7, 11) is 0. The quantitative estimate of drug-likeness (QED) is 0.733. The molecule has 1 aliphatic rings. The van der Waals surface area contributed by atoms with Gasteiger partial charge in [-0.2, -0.15) is 5.10 Å². The number of fused-ring (bicyclic) bond motifs is 1. The fourth-order valence-electron chi connectivity index (χ4n) is 3.47. The molecule has 142 valence electrons. The molecule has 0 spiro atoms. The van der Waals surface area contributed by atoms with Gasteiger partial charge in [-0.1, -0.05) is 30.3 Å². The van der Waals surface area contributed by atoms with E-state index in [2.05, 4.69) is 10.4 Å². The molecule has 0 saturated heterocycles. The number of hydrogen-bond donors (Lipinski definition) is 2. The lowest BCUT2D eigenvalue weighted by atomic mass is 10.1. The van der Waals surface area contributed by atoms with Gasteiger partial charge in [0.25, 0.3) is 5.91 Å². The highest BCUT2D eigenvalue weighted by molar-refractivity contribution is 6.08. The lowest BCUT2D eigenvalue weighted by molar-refractivity contribution is 0.102. The molecule has 3 N–H and O–H groups in total. The number of nitrogens with two attached hydrogens (primary N) is 1. The number of carbonyl (C=O) groups excluding carboxylic acids is 2. The predicted molar refractivity (Wildman–Crippen MR) is 108 cm³/mol. The average molecular weight is 375 g/mol. The molecule has 0 unspecified atom stereocenters. The van der Waals surface area contributed by atoms with Gasteiger partial charge in [-0.3, -0.25) is 14.4 Å². The van der Waals surface area contributed by atoms with Crippen molar-refractivity contribution in [3.05, 3.63) is 65.9 Å². The van der Waals surface area contributed by atoms with Crippen LogP contribution in [0.15, 0.2) is 54.7 Å². The number of urea groups is 1. The van der Waals surface area contributed by atoms with Crippen LogP contribution in [0.2, 0.25) is 0 Å². The van der Waals surface area contributed by atoms with Crippen molar-refractivity contribution in [1.82, 2.24) is 9.78 Å². The third-order valence-corrected chi connectivity index (χ3v) is 4.88. The Bertz CT molecular complexity index is 1040. The number of benzene rings is 2. The molecule has 3 aromatic rings. The fourth-order valence-corrected chi connectivity index (χ4v) is 3.47. The van der Waals surface area contributed by atoms with E-state index in [0.717, 1.165) is 16.8 Å². The number of primary amides is 1. The van der Waals surface area contributed by atoms with Gasteiger partial charge in [0.1, 0.15) is 5.69 Å². The third-order valence-electron chi connectivity index (χ3n) is 4.88. The lowest BCUT2D eigenvalue weighted by Gasteiger charge is -2.14. The molecule has 28 heavy (non-hydrogen) atoms. The minimum atomic E-state index is -0.463. The van der Waals surface area contributed by atoms with E-state index in [1.54, 1.807) is 21.8 Å². The van der Waals surface area contributed by atoms with E-state index in [1.807, 2.05) is 49.4 Å². The van der Waals surface area contributed by atoms with Crippen LogP contribution in [-0.2, 0) is 13.0 Å². The minimum absolute atomic E-state index is 0.219. The standard InChI is InChI=1S/C21H21N5O2/c1-2-25-13-17(19(24-25)14-6-4-3-5-7-14)20(27)23-16-8-9-18-15(12-16)10-11-26(18)21(22)28/h3-9,12-13H,2,10-11H2,1H3,(H2,22,28)(H,23,27). The van der Waals surface area contributed by atoms with Crippen molar-refractivity contribution in [2.75, 3.05) is 16.8 Å². The van der Waals surface area contributed by atoms with Crippen LogP contribution < -0.4 is 16.0 Å². The summed E-state index contributed by atoms with van der Waals surface area (Å²) in [5.74, 6) is -0.219. The lowest BCUT2D eigenvalue weighted by Crippen LogP contribution is -2.33. The zero-order chi connectivity index (χ0) is 19.7. The molecule has 0 atom stereocenters. The molecule has 0 saturated carbocycles. The highest BCUT2D eigenvalue weighted by Crippen LogP contribution is 2.31. The van der Waals surface area contributed by atoms with Crippen LogP contribution in [0.3, 0.4) is 0 Å². The first-order valence-electron chi connectivity index (χ1n) is 9.21. The van der Waals surface area contributed by atoms with Crippen molar-refractivity contribution in [2.45, 2.75) is 19.9 Å². The molecule has 0 bridgehead atoms. The molecule has 2 aromatic carbocycles. The van der Waals surface area contributed by atoms with E-state index in [0.29, 0.717) is 36.5 Å². The first-order chi connectivity index (χ1) is 13.6. The molecule has 1 aliphatic heterocycles. The molecule has 3 amide bonds. The van der Waals surface area contributed by atoms with Gasteiger partial charge in [0.2, 0.25) is 0 Å². The summed E-state index contributed by atoms with van der Waals surface area (Å²) in [5.41, 5.74) is 9.94. The highest BCUT2D eigenvalue weighted by Gasteiger charge is 2.24. The monoisotopic (exact) mass is 375 g/mol. The summed E-state index contributed by atoms with van der Waals surface area (Å²) in [6, 6.07) is 14.7. The van der Waals surface area contributed by atoms with Gasteiger partial charge >= 0.3 is 6.03 Å². The molecular formula is C21H21N5O2. The van der Waals surface area contributed by atoms with E-state index >= 15 is 0 Å². The van der Waals surface area contributed by atoms with Crippen LogP contribution >= 0.6 is 0 Å². The van der Waals surface area contributed by atoms with Crippen molar-refractivity contribution in [3.63, 3.8) is 0 Å². The summed E-state index contributed by atoms with van der Waals surface area (Å²) in [5, 5.41) is 7.50. The van der Waals surface area contributed by atoms with Gasteiger partial charge in [0.15, 0.2) is 0 Å². The fraction of sp³-hybridized carbons (Fsp3) is 0.190. The molecule has 0 aliphatic carbocycles. The molecule has 4 rings (SSSR count). The van der Waals surface area contributed by atoms with Crippen LogP contribution in [0.5, 0.6) is 0 Å². The van der Waals surface area contributed by atoms with Crippen LogP contribution in [0.4, 0.5) is 16.2 Å². The summed E-state index contributed by atoms with van der Waals surface area (Å²) >= 11 is 0. The van der Waals surface area contributed by atoms with Gasteiger partial charge < -0.3 is 11.1 Å². The number of amides is 3. The summed E-state index contributed by atoms with van der Waals surface area (Å²) in [4.78, 5) is 26.0. The van der Waals surface area contributed by atoms with Crippen molar-refractivity contribution in [1.29, 1.82) is 0 Å². The minimum Gasteiger partial charge on any atom is -0.351 e. The molecule has 2 heterocycles. The topological polar surface area (TPSA) is 93.3 Å². The summed E-state index contributed by atoms with van der Waals surface area (Å²) in [6.07, 6.45) is 2.48. The van der Waals surface area contributed by atoms with E-state index in [1.165, 1.54) is 0 Å². The van der Waals surface area contributed by atoms with Crippen molar-refractivity contribution in [2.24, 2.45) is 5.73 Å². The van der Waals surface area contributed by atoms with Crippen molar-refractivity contribution in [3.8, 4) is 11.3 Å². The Morgan fingerprint density at radius 2 is 1.96 bits per heavy atom. The van der Waals surface area contributed by atoms with Gasteiger partial charge in [0.05, 0.1) is 5.56 Å². The van der Waals surface area contributed by atoms with Gasteiger partial charge in [-0.15, -0.1) is 0 Å². The maximum absolute atomic E-state index is 13.0. The molecule has 0 fully saturated rings. The van der Waals surface area contributed by atoms with E-state index in [9.17, 15) is 9.59 Å². The number of anilines is 2. The number of carbonyl (C=O) groups is 2. The SMILES string of the molecule is CCn1cc(C(=O)Nc2ccc3c(c2)CCN3C(N)=O)c(-c2ccccc2)n1. The number of nitrogens with one attached hydrogen (secondary N) is 1. The zero-order valence-corrected chi connectivity index (χ0v) is 15.6. The molecule has 7 heteroatoms. The van der Waals surface area contributed by atoms with Gasteiger partial charge in [-0.05, 0) is 37.1 Å². The van der Waals surface area contributed by atoms with Gasteiger partial charge in [-0.25, -0.2) is 4.79 Å². The number of aromatic nitrogens is 2. The van der Waals surface area contributed by atoms with Crippen LogP contribution in [0.25, 0.3) is 11.3 Å². The Hall–Kier alpha value is -3.61. The van der Waals surface area contributed by atoms with Gasteiger partial charge in [0, 0.05) is 36.2 Å². The normalized spacial score (nSPS) is 12.7. The van der Waals surface area contributed by atoms with Crippen molar-refractivity contribution < 1.29 is 9.59 Å².